The molecule has 0 saturated heterocycles. The van der Waals surface area contributed by atoms with Crippen molar-refractivity contribution >= 4 is 35.4 Å². The van der Waals surface area contributed by atoms with E-state index < -0.39 is 0 Å². The standard InChI is InChI=1S/C17H15N3O6S.Na/c1-11(21)18-16-10-17(22)20(19-16)12-7-8-14(15(9-12)27-26-25-23)24-13-5-3-2-4-6-13;/h2-9,23H,10H2,1H3,(H,18,19,21);/q;+1/p-1. The summed E-state index contributed by atoms with van der Waals surface area (Å²) in [5, 5.41) is 21.4. The maximum absolute atomic E-state index is 12.2. The first-order valence-corrected chi connectivity index (χ1v) is 8.49. The van der Waals surface area contributed by atoms with Crippen LogP contribution in [0.15, 0.2) is 58.5 Å². The van der Waals surface area contributed by atoms with Gasteiger partial charge in [0.25, 0.3) is 5.91 Å². The second-order valence-electron chi connectivity index (χ2n) is 5.38. The fraction of sp³-hybridized carbons (Fsp3) is 0.118. The summed E-state index contributed by atoms with van der Waals surface area (Å²) in [5.41, 5.74) is 0.415. The number of hydrogen-bond acceptors (Lipinski definition) is 8. The number of anilines is 1. The zero-order valence-electron chi connectivity index (χ0n) is 15.1. The summed E-state index contributed by atoms with van der Waals surface area (Å²) in [6, 6.07) is 13.8. The molecule has 2 aromatic rings. The molecule has 0 unspecified atom stereocenters. The molecule has 0 aliphatic carbocycles. The van der Waals surface area contributed by atoms with Gasteiger partial charge in [0.2, 0.25) is 5.91 Å². The van der Waals surface area contributed by atoms with Gasteiger partial charge in [0.05, 0.1) is 29.0 Å². The van der Waals surface area contributed by atoms with Crippen LogP contribution in [0.5, 0.6) is 11.5 Å². The van der Waals surface area contributed by atoms with Gasteiger partial charge in [-0.05, 0) is 30.3 Å². The Labute approximate surface area is 187 Å². The van der Waals surface area contributed by atoms with Crippen LogP contribution in [0.2, 0.25) is 0 Å². The van der Waals surface area contributed by atoms with E-state index in [0.717, 1.165) is 5.01 Å². The van der Waals surface area contributed by atoms with E-state index in [4.69, 9.17) is 4.74 Å². The quantitative estimate of drug-likeness (QED) is 0.278. The summed E-state index contributed by atoms with van der Waals surface area (Å²) in [6.07, 6.45) is -0.0233. The van der Waals surface area contributed by atoms with E-state index in [9.17, 15) is 14.8 Å². The van der Waals surface area contributed by atoms with Crippen LogP contribution in [0, 0.1) is 0 Å². The first-order chi connectivity index (χ1) is 13.1. The minimum absolute atomic E-state index is 0. The van der Waals surface area contributed by atoms with E-state index in [1.165, 1.54) is 6.92 Å². The summed E-state index contributed by atoms with van der Waals surface area (Å²) in [6.45, 7) is 1.33. The van der Waals surface area contributed by atoms with Gasteiger partial charge in [-0.3, -0.25) is 14.6 Å². The first kappa shape index (κ1) is 22.4. The van der Waals surface area contributed by atoms with Crippen LogP contribution >= 0.6 is 12.0 Å². The number of benzene rings is 2. The molecule has 0 bridgehead atoms. The molecule has 11 heteroatoms. The SMILES string of the molecule is CC(=O)NC1=NN(c2ccc(Oc3ccccc3)c(SOO[O-])c2)C(=O)C1.[Na+]. The number of ether oxygens (including phenoxy) is 1. The normalized spacial score (nSPS) is 13.0. The molecule has 140 valence electrons. The average molecular weight is 411 g/mol. The van der Waals surface area contributed by atoms with Crippen molar-refractivity contribution in [2.75, 3.05) is 5.01 Å². The molecular weight excluding hydrogens is 397 g/mol. The molecule has 9 nitrogen and oxygen atoms in total. The third kappa shape index (κ3) is 5.79. The van der Waals surface area contributed by atoms with Crippen LogP contribution in [-0.2, 0) is 19.0 Å². The zero-order valence-corrected chi connectivity index (χ0v) is 17.9. The molecule has 0 fully saturated rings. The van der Waals surface area contributed by atoms with Gasteiger partial charge in [-0.25, -0.2) is 0 Å². The van der Waals surface area contributed by atoms with Gasteiger partial charge < -0.3 is 15.3 Å². The van der Waals surface area contributed by atoms with Crippen molar-refractivity contribution in [1.29, 1.82) is 0 Å². The third-order valence-corrected chi connectivity index (χ3v) is 4.01. The Morgan fingerprint density at radius 2 is 2.00 bits per heavy atom. The summed E-state index contributed by atoms with van der Waals surface area (Å²) >= 11 is 0.636. The van der Waals surface area contributed by atoms with Gasteiger partial charge in [-0.1, -0.05) is 18.2 Å². The number of hydrogen-bond donors (Lipinski definition) is 1. The second kappa shape index (κ2) is 10.6. The third-order valence-electron chi connectivity index (χ3n) is 3.39. The number of rotatable bonds is 6. The van der Waals surface area contributed by atoms with Gasteiger partial charge in [0.15, 0.2) is 0 Å². The summed E-state index contributed by atoms with van der Waals surface area (Å²) in [7, 11) is 0. The Morgan fingerprint density at radius 3 is 2.68 bits per heavy atom. The summed E-state index contributed by atoms with van der Waals surface area (Å²) < 4.78 is 10.2. The molecule has 2 aromatic carbocycles. The molecule has 0 radical (unpaired) electrons. The largest absolute Gasteiger partial charge is 1.00 e. The fourth-order valence-electron chi connectivity index (χ4n) is 2.35. The Balaban J connectivity index is 0.00000280. The molecule has 0 spiro atoms. The van der Waals surface area contributed by atoms with E-state index in [0.29, 0.717) is 34.1 Å². The zero-order chi connectivity index (χ0) is 19.2. The molecule has 0 saturated carbocycles. The Bertz CT molecular complexity index is 880. The number of amides is 2. The fourth-order valence-corrected chi connectivity index (χ4v) is 2.81. The number of amidine groups is 1. The van der Waals surface area contributed by atoms with E-state index in [1.54, 1.807) is 30.3 Å². The number of nitrogens with one attached hydrogen (secondary N) is 1. The summed E-state index contributed by atoms with van der Waals surface area (Å²) in [5.74, 6) is 0.605. The molecule has 3 rings (SSSR count). The van der Waals surface area contributed by atoms with Gasteiger partial charge in [0.1, 0.15) is 17.3 Å². The molecule has 0 atom stereocenters. The average Bonchev–Trinajstić information content (AvgIpc) is 3.01. The molecule has 1 aliphatic heterocycles. The van der Waals surface area contributed by atoms with Gasteiger partial charge >= 0.3 is 29.6 Å². The van der Waals surface area contributed by atoms with Crippen molar-refractivity contribution in [3.8, 4) is 11.5 Å². The minimum atomic E-state index is -0.313. The Morgan fingerprint density at radius 1 is 1.25 bits per heavy atom. The number of carbonyl (C=O) groups excluding carboxylic acids is 2. The predicted octanol–water partition coefficient (Wildman–Crippen LogP) is -1.10. The molecule has 1 heterocycles. The van der Waals surface area contributed by atoms with Gasteiger partial charge in [-0.2, -0.15) is 14.4 Å². The Kier molecular flexibility index (Phi) is 8.45. The number of para-hydroxylation sites is 1. The number of nitrogens with zero attached hydrogens (tertiary/aromatic N) is 2. The van der Waals surface area contributed by atoms with Crippen molar-refractivity contribution in [3.63, 3.8) is 0 Å². The first-order valence-electron chi connectivity index (χ1n) is 7.75. The Hall–Kier alpha value is -1.92. The van der Waals surface area contributed by atoms with Gasteiger partial charge in [0, 0.05) is 6.92 Å². The van der Waals surface area contributed by atoms with Crippen LogP contribution in [0.25, 0.3) is 0 Å². The monoisotopic (exact) mass is 411 g/mol. The maximum atomic E-state index is 12.2. The molecule has 1 N–H and O–H groups in total. The number of hydrazone groups is 1. The van der Waals surface area contributed by atoms with Crippen molar-refractivity contribution in [2.45, 2.75) is 18.2 Å². The van der Waals surface area contributed by atoms with E-state index in [1.807, 2.05) is 18.2 Å². The van der Waals surface area contributed by atoms with Crippen molar-refractivity contribution in [3.05, 3.63) is 48.5 Å². The molecule has 28 heavy (non-hydrogen) atoms. The second-order valence-corrected chi connectivity index (χ2v) is 6.12. The molecule has 2 amide bonds. The van der Waals surface area contributed by atoms with Crippen LogP contribution in [-0.4, -0.2) is 17.6 Å². The van der Waals surface area contributed by atoms with Crippen molar-refractivity contribution < 1.29 is 58.5 Å². The molecule has 0 aromatic heterocycles. The van der Waals surface area contributed by atoms with Crippen molar-refractivity contribution in [1.82, 2.24) is 5.32 Å². The molecular formula is C17H14N3NaO6S. The van der Waals surface area contributed by atoms with Crippen LogP contribution in [0.3, 0.4) is 0 Å². The van der Waals surface area contributed by atoms with E-state index in [-0.39, 0.29) is 53.6 Å². The van der Waals surface area contributed by atoms with Crippen LogP contribution in [0.4, 0.5) is 5.69 Å². The van der Waals surface area contributed by atoms with Crippen LogP contribution in [0.1, 0.15) is 13.3 Å². The van der Waals surface area contributed by atoms with Crippen LogP contribution < -0.4 is 49.9 Å². The smallest absolute Gasteiger partial charge is 0.691 e. The number of carbonyl (C=O) groups is 2. The van der Waals surface area contributed by atoms with E-state index >= 15 is 0 Å². The molecule has 1 aliphatic rings. The maximum Gasteiger partial charge on any atom is 1.00 e. The minimum Gasteiger partial charge on any atom is -0.691 e. The van der Waals surface area contributed by atoms with Gasteiger partial charge in [-0.15, -0.1) is 0 Å². The summed E-state index contributed by atoms with van der Waals surface area (Å²) in [4.78, 5) is 23.7. The topological polar surface area (TPSA) is 113 Å². The van der Waals surface area contributed by atoms with Crippen molar-refractivity contribution in [2.24, 2.45) is 5.10 Å². The predicted molar refractivity (Wildman–Crippen MR) is 94.3 cm³/mol. The van der Waals surface area contributed by atoms with E-state index in [2.05, 4.69) is 19.8 Å².